The van der Waals surface area contributed by atoms with Crippen LogP contribution in [-0.4, -0.2) is 53.6 Å². The fourth-order valence-electron chi connectivity index (χ4n) is 7.07. The number of methoxy groups -OCH3 is 1. The third-order valence-electron chi connectivity index (χ3n) is 9.38. The molecule has 3 N–H and O–H groups in total. The van der Waals surface area contributed by atoms with Crippen molar-refractivity contribution in [1.82, 2.24) is 0 Å². The number of halogens is 6. The number of amides is 2. The number of ether oxygens (including phenoxy) is 1. The molecular weight excluding hydrogens is 656 g/mol. The molecule has 0 unspecified atom stereocenters. The third-order valence-corrected chi connectivity index (χ3v) is 9.38. The van der Waals surface area contributed by atoms with Gasteiger partial charge in [0.1, 0.15) is 5.75 Å². The van der Waals surface area contributed by atoms with Crippen molar-refractivity contribution < 1.29 is 56.0 Å². The number of hydrogen-bond donors (Lipinski definition) is 3. The van der Waals surface area contributed by atoms with Gasteiger partial charge in [0.25, 0.3) is 0 Å². The number of aliphatic hydroxyl groups excluding tert-OH is 2. The molecule has 7 nitrogen and oxygen atoms in total. The summed E-state index contributed by atoms with van der Waals surface area (Å²) < 4.78 is 87.0. The second-order valence-corrected chi connectivity index (χ2v) is 12.3. The van der Waals surface area contributed by atoms with E-state index >= 15 is 0 Å². The van der Waals surface area contributed by atoms with Crippen molar-refractivity contribution in [2.45, 2.75) is 51.1 Å². The molecule has 0 radical (unpaired) electrons. The summed E-state index contributed by atoms with van der Waals surface area (Å²) in [7, 11) is 1.37. The Labute approximate surface area is 278 Å². The third kappa shape index (κ3) is 7.10. The van der Waals surface area contributed by atoms with Crippen LogP contribution < -0.4 is 4.90 Å². The van der Waals surface area contributed by atoms with E-state index in [0.29, 0.717) is 40.8 Å². The van der Waals surface area contributed by atoms with E-state index in [1.807, 2.05) is 31.2 Å². The number of carbonyl (C=O) groups excluding carboxylic acids is 2. The second kappa shape index (κ2) is 14.0. The number of anilines is 1. The van der Waals surface area contributed by atoms with Crippen LogP contribution in [0.2, 0.25) is 0 Å². The van der Waals surface area contributed by atoms with Gasteiger partial charge in [0.05, 0.1) is 48.0 Å². The molecule has 3 aromatic rings. The van der Waals surface area contributed by atoms with Crippen molar-refractivity contribution in [3.05, 3.63) is 88.0 Å². The van der Waals surface area contributed by atoms with Crippen LogP contribution in [0.15, 0.2) is 71.3 Å². The highest BCUT2D eigenvalue weighted by atomic mass is 19.4. The number of fused-ring (bicyclic) bond motifs is 2. The number of aromatic hydroxyl groups is 1. The van der Waals surface area contributed by atoms with Crippen molar-refractivity contribution in [1.29, 1.82) is 0 Å². The SMILES string of the molecule is CC/C(=C\c1ccc(O)c2ccccc12)CC[C@@H](O)C1=C(COC)C[C@H]2C(=O)N(c3cc(C(F)(F)F)cc(C(F)(F)F)c3)C(=O)[C@H]2[C@H]1CO. The van der Waals surface area contributed by atoms with Crippen LogP contribution in [0.25, 0.3) is 16.8 Å². The minimum Gasteiger partial charge on any atom is -0.507 e. The molecule has 49 heavy (non-hydrogen) atoms. The minimum absolute atomic E-state index is 0.0893. The summed E-state index contributed by atoms with van der Waals surface area (Å²) in [6.07, 6.45) is -8.69. The van der Waals surface area contributed by atoms with E-state index < -0.39 is 71.4 Å². The van der Waals surface area contributed by atoms with E-state index in [-0.39, 0.29) is 36.8 Å². The highest BCUT2D eigenvalue weighted by Gasteiger charge is 2.55. The first-order valence-corrected chi connectivity index (χ1v) is 15.7. The molecule has 1 aliphatic heterocycles. The van der Waals surface area contributed by atoms with Gasteiger partial charge >= 0.3 is 12.4 Å². The zero-order valence-electron chi connectivity index (χ0n) is 26.6. The zero-order chi connectivity index (χ0) is 35.8. The predicted molar refractivity (Wildman–Crippen MR) is 169 cm³/mol. The lowest BCUT2D eigenvalue weighted by Crippen LogP contribution is -2.39. The van der Waals surface area contributed by atoms with Crippen LogP contribution >= 0.6 is 0 Å². The number of imide groups is 1. The molecule has 1 saturated heterocycles. The summed E-state index contributed by atoms with van der Waals surface area (Å²) in [5.74, 6) is -5.61. The Morgan fingerprint density at radius 1 is 0.980 bits per heavy atom. The van der Waals surface area contributed by atoms with E-state index in [1.54, 1.807) is 18.2 Å². The summed E-state index contributed by atoms with van der Waals surface area (Å²) in [5.41, 5.74) is -1.75. The smallest absolute Gasteiger partial charge is 0.416 e. The number of rotatable bonds is 10. The lowest BCUT2D eigenvalue weighted by Gasteiger charge is -2.36. The van der Waals surface area contributed by atoms with Gasteiger partial charge in [0.15, 0.2) is 0 Å². The van der Waals surface area contributed by atoms with Gasteiger partial charge in [-0.25, -0.2) is 4.90 Å². The number of benzene rings is 3. The molecule has 0 saturated carbocycles. The zero-order valence-corrected chi connectivity index (χ0v) is 26.6. The molecule has 13 heteroatoms. The van der Waals surface area contributed by atoms with Crippen LogP contribution in [0.3, 0.4) is 0 Å². The lowest BCUT2D eigenvalue weighted by atomic mass is 9.68. The highest BCUT2D eigenvalue weighted by Crippen LogP contribution is 2.48. The van der Waals surface area contributed by atoms with Gasteiger partial charge in [0.2, 0.25) is 11.8 Å². The van der Waals surface area contributed by atoms with E-state index in [2.05, 4.69) is 0 Å². The van der Waals surface area contributed by atoms with E-state index in [0.717, 1.165) is 16.5 Å². The molecule has 3 aromatic carbocycles. The topological polar surface area (TPSA) is 107 Å². The Hall–Kier alpha value is -4.20. The Bertz CT molecular complexity index is 1780. The van der Waals surface area contributed by atoms with Gasteiger partial charge in [-0.3, -0.25) is 9.59 Å². The maximum Gasteiger partial charge on any atom is 0.416 e. The molecule has 0 aromatic heterocycles. The normalized spacial score (nSPS) is 21.1. The summed E-state index contributed by atoms with van der Waals surface area (Å²) >= 11 is 0. The van der Waals surface area contributed by atoms with Crippen molar-refractivity contribution in [2.24, 2.45) is 17.8 Å². The van der Waals surface area contributed by atoms with Crippen LogP contribution in [0.5, 0.6) is 5.75 Å². The average Bonchev–Trinajstić information content (AvgIpc) is 3.31. The molecule has 5 rings (SSSR count). The monoisotopic (exact) mass is 691 g/mol. The molecule has 262 valence electrons. The fourth-order valence-corrected chi connectivity index (χ4v) is 7.07. The molecule has 1 heterocycles. The van der Waals surface area contributed by atoms with Crippen molar-refractivity contribution >= 4 is 34.4 Å². The first-order valence-electron chi connectivity index (χ1n) is 15.7. The summed E-state index contributed by atoms with van der Waals surface area (Å²) in [5, 5.41) is 33.9. The number of nitrogens with zero attached hydrogens (tertiary/aromatic N) is 1. The largest absolute Gasteiger partial charge is 0.507 e. The quantitative estimate of drug-likeness (QED) is 0.117. The van der Waals surface area contributed by atoms with Gasteiger partial charge in [-0.05, 0) is 72.0 Å². The molecule has 4 atom stereocenters. The molecule has 1 aliphatic carbocycles. The second-order valence-electron chi connectivity index (χ2n) is 12.3. The Morgan fingerprint density at radius 3 is 2.18 bits per heavy atom. The molecule has 0 bridgehead atoms. The van der Waals surface area contributed by atoms with E-state index in [9.17, 15) is 51.3 Å². The molecule has 2 aliphatic rings. The van der Waals surface area contributed by atoms with Crippen molar-refractivity contribution in [3.8, 4) is 5.75 Å². The standard InChI is InChI=1S/C36H35F6NO6/c1-3-19(12-20-9-11-29(45)26-7-5-4-6-25(20)26)8-10-30(46)31-21(18-49-2)13-27-32(28(31)17-44)34(48)43(33(27)47)24-15-22(35(37,38)39)14-23(16-24)36(40,41)42/h4-7,9,11-12,14-16,27-28,30,32,44-46H,3,8,10,13,17-18H2,1-2H3/b19-12+/t27-,28+,30-,32-/m1/s1. The van der Waals surface area contributed by atoms with Gasteiger partial charge in [0, 0.05) is 18.4 Å². The number of alkyl halides is 6. The molecule has 2 amide bonds. The molecule has 0 spiro atoms. The van der Waals surface area contributed by atoms with Gasteiger partial charge < -0.3 is 20.1 Å². The molecule has 1 fully saturated rings. The summed E-state index contributed by atoms with van der Waals surface area (Å²) in [6, 6.07) is 11.3. The number of allylic oxidation sites excluding steroid dienone is 1. The van der Waals surface area contributed by atoms with Crippen molar-refractivity contribution in [3.63, 3.8) is 0 Å². The first-order chi connectivity index (χ1) is 23.1. The molecular formula is C36H35F6NO6. The number of phenolic OH excluding ortho intramolecular Hbond substituents is 1. The maximum atomic E-state index is 13.8. The van der Waals surface area contributed by atoms with Crippen LogP contribution in [0.4, 0.5) is 32.0 Å². The van der Waals surface area contributed by atoms with E-state index in [1.165, 1.54) is 7.11 Å². The number of carbonyl (C=O) groups is 2. The highest BCUT2D eigenvalue weighted by molar-refractivity contribution is 6.22. The van der Waals surface area contributed by atoms with Gasteiger partial charge in [-0.2, -0.15) is 26.3 Å². The van der Waals surface area contributed by atoms with Crippen LogP contribution in [0, 0.1) is 17.8 Å². The maximum absolute atomic E-state index is 13.8. The average molecular weight is 692 g/mol. The summed E-state index contributed by atoms with van der Waals surface area (Å²) in [4.78, 5) is 27.7. The van der Waals surface area contributed by atoms with Gasteiger partial charge in [-0.1, -0.05) is 48.9 Å². The minimum atomic E-state index is -5.20. The van der Waals surface area contributed by atoms with Gasteiger partial charge in [-0.15, -0.1) is 0 Å². The Balaban J connectivity index is 1.46. The number of hydrogen-bond acceptors (Lipinski definition) is 6. The first kappa shape index (κ1) is 36.1. The number of aliphatic hydroxyl groups is 2. The van der Waals surface area contributed by atoms with Crippen molar-refractivity contribution in [2.75, 3.05) is 25.2 Å². The fraction of sp³-hybridized carbons (Fsp3) is 0.389. The Kier molecular flexibility index (Phi) is 10.3. The number of phenols is 1. The lowest BCUT2D eigenvalue weighted by molar-refractivity contribution is -0.143. The predicted octanol–water partition coefficient (Wildman–Crippen LogP) is 7.28. The van der Waals surface area contributed by atoms with E-state index in [4.69, 9.17) is 4.74 Å². The van der Waals surface area contributed by atoms with Crippen LogP contribution in [0.1, 0.15) is 49.3 Å². The Morgan fingerprint density at radius 2 is 1.61 bits per heavy atom. The van der Waals surface area contributed by atoms with Crippen LogP contribution in [-0.2, 0) is 26.7 Å². The summed E-state index contributed by atoms with van der Waals surface area (Å²) in [6.45, 7) is 1.12.